The molecule has 1 heterocycles. The van der Waals surface area contributed by atoms with Gasteiger partial charge in [-0.1, -0.05) is 12.1 Å². The maximum absolute atomic E-state index is 12.6. The molecule has 1 aliphatic rings. The number of esters is 1. The molecule has 0 radical (unpaired) electrons. The average Bonchev–Trinajstić information content (AvgIpc) is 3.50. The van der Waals surface area contributed by atoms with Crippen molar-refractivity contribution in [3.05, 3.63) is 71.6 Å². The molecule has 1 aromatic heterocycles. The van der Waals surface area contributed by atoms with Gasteiger partial charge in [0.05, 0.1) is 12.7 Å². The monoisotopic (exact) mass is 336 g/mol. The van der Waals surface area contributed by atoms with Gasteiger partial charge in [-0.2, -0.15) is 0 Å². The first kappa shape index (κ1) is 16.9. The average molecular weight is 336 g/mol. The Bertz CT molecular complexity index is 765. The zero-order chi connectivity index (χ0) is 17.6. The standard InChI is InChI=1S/C20H20N2O3/c1-25-20(24)17-5-2-15(3-6-17)4-9-19(23)22(18-7-8-18)14-16-10-12-21-13-11-16/h2-6,9-13,18H,7-8,14H2,1H3/b9-4-. The van der Waals surface area contributed by atoms with Crippen molar-refractivity contribution in [1.82, 2.24) is 9.88 Å². The molecule has 1 fully saturated rings. The molecule has 2 aromatic rings. The van der Waals surface area contributed by atoms with E-state index in [0.717, 1.165) is 24.0 Å². The van der Waals surface area contributed by atoms with Crippen LogP contribution in [0.1, 0.15) is 34.3 Å². The molecule has 0 atom stereocenters. The number of nitrogens with zero attached hydrogens (tertiary/aromatic N) is 2. The van der Waals surface area contributed by atoms with E-state index < -0.39 is 0 Å². The zero-order valence-corrected chi connectivity index (χ0v) is 14.1. The van der Waals surface area contributed by atoms with Crippen LogP contribution in [0.2, 0.25) is 0 Å². The van der Waals surface area contributed by atoms with Crippen molar-refractivity contribution in [2.24, 2.45) is 0 Å². The van der Waals surface area contributed by atoms with Crippen LogP contribution in [0.3, 0.4) is 0 Å². The van der Waals surface area contributed by atoms with Crippen LogP contribution >= 0.6 is 0 Å². The molecule has 1 aromatic carbocycles. The molecule has 5 heteroatoms. The van der Waals surface area contributed by atoms with Gasteiger partial charge < -0.3 is 9.64 Å². The molecule has 0 N–H and O–H groups in total. The number of carbonyl (C=O) groups is 2. The van der Waals surface area contributed by atoms with Crippen molar-refractivity contribution in [2.75, 3.05) is 7.11 Å². The van der Waals surface area contributed by atoms with Crippen LogP contribution in [0, 0.1) is 0 Å². The first-order chi connectivity index (χ1) is 12.2. The highest BCUT2D eigenvalue weighted by Gasteiger charge is 2.31. The lowest BCUT2D eigenvalue weighted by Crippen LogP contribution is -2.31. The minimum atomic E-state index is -0.371. The van der Waals surface area contributed by atoms with Crippen molar-refractivity contribution in [2.45, 2.75) is 25.4 Å². The van der Waals surface area contributed by atoms with Crippen molar-refractivity contribution in [3.63, 3.8) is 0 Å². The number of ether oxygens (including phenoxy) is 1. The predicted molar refractivity (Wildman–Crippen MR) is 94.6 cm³/mol. The molecule has 1 amide bonds. The van der Waals surface area contributed by atoms with E-state index in [1.807, 2.05) is 17.0 Å². The van der Waals surface area contributed by atoms with Gasteiger partial charge in [0.25, 0.3) is 0 Å². The normalized spacial score (nSPS) is 13.6. The van der Waals surface area contributed by atoms with E-state index in [-0.39, 0.29) is 11.9 Å². The molecule has 0 saturated heterocycles. The largest absolute Gasteiger partial charge is 0.465 e. The van der Waals surface area contributed by atoms with Crippen LogP contribution in [0.5, 0.6) is 0 Å². The number of hydrogen-bond donors (Lipinski definition) is 0. The number of carbonyl (C=O) groups excluding carboxylic acids is 2. The summed E-state index contributed by atoms with van der Waals surface area (Å²) in [6, 6.07) is 11.1. The number of rotatable bonds is 6. The van der Waals surface area contributed by atoms with Gasteiger partial charge in [-0.3, -0.25) is 9.78 Å². The van der Waals surface area contributed by atoms with E-state index in [2.05, 4.69) is 9.72 Å². The molecular weight excluding hydrogens is 316 g/mol. The Morgan fingerprint density at radius 1 is 1.16 bits per heavy atom. The van der Waals surface area contributed by atoms with E-state index in [1.165, 1.54) is 7.11 Å². The zero-order valence-electron chi connectivity index (χ0n) is 14.1. The maximum atomic E-state index is 12.6. The van der Waals surface area contributed by atoms with Crippen molar-refractivity contribution in [3.8, 4) is 0 Å². The van der Waals surface area contributed by atoms with E-state index in [0.29, 0.717) is 18.2 Å². The first-order valence-corrected chi connectivity index (χ1v) is 8.23. The lowest BCUT2D eigenvalue weighted by atomic mass is 10.1. The minimum Gasteiger partial charge on any atom is -0.465 e. The number of methoxy groups -OCH3 is 1. The van der Waals surface area contributed by atoms with Gasteiger partial charge in [0.2, 0.25) is 5.91 Å². The van der Waals surface area contributed by atoms with E-state index in [4.69, 9.17) is 0 Å². The number of pyridine rings is 1. The molecule has 128 valence electrons. The van der Waals surface area contributed by atoms with Gasteiger partial charge in [0.1, 0.15) is 0 Å². The van der Waals surface area contributed by atoms with Crippen LogP contribution in [0.15, 0.2) is 54.9 Å². The molecular formula is C20H20N2O3. The fourth-order valence-corrected chi connectivity index (χ4v) is 2.57. The first-order valence-electron chi connectivity index (χ1n) is 8.23. The summed E-state index contributed by atoms with van der Waals surface area (Å²) in [4.78, 5) is 29.9. The Kier molecular flexibility index (Phi) is 5.23. The quantitative estimate of drug-likeness (QED) is 0.601. The van der Waals surface area contributed by atoms with E-state index in [9.17, 15) is 9.59 Å². The topological polar surface area (TPSA) is 59.5 Å². The molecule has 0 aliphatic heterocycles. The number of benzene rings is 1. The fraction of sp³-hybridized carbons (Fsp3) is 0.250. The Morgan fingerprint density at radius 2 is 1.84 bits per heavy atom. The summed E-state index contributed by atoms with van der Waals surface area (Å²) in [6.45, 7) is 0.595. The second kappa shape index (κ2) is 7.75. The van der Waals surface area contributed by atoms with Crippen LogP contribution in [-0.2, 0) is 16.1 Å². The SMILES string of the molecule is COC(=O)c1ccc(/C=C\C(=O)N(Cc2ccncc2)C2CC2)cc1. The second-order valence-corrected chi connectivity index (χ2v) is 6.00. The van der Waals surface area contributed by atoms with Crippen LogP contribution in [0.4, 0.5) is 0 Å². The van der Waals surface area contributed by atoms with Crippen LogP contribution < -0.4 is 0 Å². The molecule has 5 nitrogen and oxygen atoms in total. The van der Waals surface area contributed by atoms with Gasteiger partial charge in [-0.05, 0) is 54.3 Å². The summed E-state index contributed by atoms with van der Waals surface area (Å²) in [7, 11) is 1.35. The van der Waals surface area contributed by atoms with Gasteiger partial charge in [0, 0.05) is 31.1 Å². The summed E-state index contributed by atoms with van der Waals surface area (Å²) in [6.07, 6.45) is 8.95. The van der Waals surface area contributed by atoms with Crippen molar-refractivity contribution in [1.29, 1.82) is 0 Å². The van der Waals surface area contributed by atoms with Crippen LogP contribution in [-0.4, -0.2) is 34.9 Å². The minimum absolute atomic E-state index is 0.00337. The van der Waals surface area contributed by atoms with E-state index in [1.54, 1.807) is 48.8 Å². The van der Waals surface area contributed by atoms with Crippen molar-refractivity contribution < 1.29 is 14.3 Å². The van der Waals surface area contributed by atoms with Gasteiger partial charge in [-0.25, -0.2) is 4.79 Å². The summed E-state index contributed by atoms with van der Waals surface area (Å²) in [5.41, 5.74) is 2.43. The Balaban J connectivity index is 1.66. The molecule has 3 rings (SSSR count). The predicted octanol–water partition coefficient (Wildman–Crippen LogP) is 3.07. The van der Waals surface area contributed by atoms with Gasteiger partial charge in [0.15, 0.2) is 0 Å². The Labute approximate surface area is 146 Å². The molecule has 0 unspecified atom stereocenters. The lowest BCUT2D eigenvalue weighted by Gasteiger charge is -2.20. The summed E-state index contributed by atoms with van der Waals surface area (Å²) in [5, 5.41) is 0. The highest BCUT2D eigenvalue weighted by molar-refractivity contribution is 5.93. The molecule has 1 aliphatic carbocycles. The Morgan fingerprint density at radius 3 is 2.44 bits per heavy atom. The number of hydrogen-bond acceptors (Lipinski definition) is 4. The third-order valence-corrected chi connectivity index (χ3v) is 4.12. The lowest BCUT2D eigenvalue weighted by molar-refractivity contribution is -0.127. The smallest absolute Gasteiger partial charge is 0.337 e. The van der Waals surface area contributed by atoms with E-state index >= 15 is 0 Å². The number of aromatic nitrogens is 1. The number of amides is 1. The van der Waals surface area contributed by atoms with Gasteiger partial charge in [-0.15, -0.1) is 0 Å². The summed E-state index contributed by atoms with van der Waals surface area (Å²) in [5.74, 6) is -0.375. The molecule has 0 spiro atoms. The molecule has 1 saturated carbocycles. The molecule has 0 bridgehead atoms. The van der Waals surface area contributed by atoms with Gasteiger partial charge >= 0.3 is 5.97 Å². The maximum Gasteiger partial charge on any atom is 0.337 e. The molecule has 25 heavy (non-hydrogen) atoms. The fourth-order valence-electron chi connectivity index (χ4n) is 2.57. The van der Waals surface area contributed by atoms with Crippen molar-refractivity contribution >= 4 is 18.0 Å². The highest BCUT2D eigenvalue weighted by Crippen LogP contribution is 2.28. The summed E-state index contributed by atoms with van der Waals surface area (Å²) >= 11 is 0. The highest BCUT2D eigenvalue weighted by atomic mass is 16.5. The van der Waals surface area contributed by atoms with Crippen LogP contribution in [0.25, 0.3) is 6.08 Å². The second-order valence-electron chi connectivity index (χ2n) is 6.00. The third kappa shape index (κ3) is 4.53. The third-order valence-electron chi connectivity index (χ3n) is 4.12. The summed E-state index contributed by atoms with van der Waals surface area (Å²) < 4.78 is 4.67. The Hall–Kier alpha value is -2.95.